The van der Waals surface area contributed by atoms with E-state index in [2.05, 4.69) is 36.6 Å². The molecule has 1 aromatic heterocycles. The number of benzene rings is 1. The number of nitrogens with zero attached hydrogens (tertiary/aromatic N) is 2. The number of carbonyl (C=O) groups is 1. The molecule has 0 aliphatic heterocycles. The quantitative estimate of drug-likeness (QED) is 0.425. The maximum absolute atomic E-state index is 14.0. The number of anilines is 1. The summed E-state index contributed by atoms with van der Waals surface area (Å²) in [6.07, 6.45) is 1.29. The molecule has 0 amide bonds. The third-order valence-corrected chi connectivity index (χ3v) is 4.40. The van der Waals surface area contributed by atoms with E-state index < -0.39 is 11.8 Å². The molecule has 1 aromatic carbocycles. The maximum atomic E-state index is 14.0. The number of carbonyl (C=O) groups excluding carboxylic acids is 1. The Kier molecular flexibility index (Phi) is 4.80. The molecule has 9 heteroatoms. The molecule has 0 aliphatic rings. The fourth-order valence-electron chi connectivity index (χ4n) is 1.87. The molecule has 2 N–H and O–H groups in total. The first kappa shape index (κ1) is 16.8. The van der Waals surface area contributed by atoms with Crippen LogP contribution in [0.3, 0.4) is 0 Å². The van der Waals surface area contributed by atoms with Gasteiger partial charge in [-0.3, -0.25) is 0 Å². The Morgan fingerprint density at radius 2 is 2.14 bits per heavy atom. The lowest BCUT2D eigenvalue weighted by atomic mass is 10.2. The Morgan fingerprint density at radius 1 is 1.50 bits per heavy atom. The van der Waals surface area contributed by atoms with Crippen molar-refractivity contribution in [2.75, 3.05) is 12.8 Å². The van der Waals surface area contributed by atoms with Crippen LogP contribution >= 0.6 is 43.5 Å². The van der Waals surface area contributed by atoms with E-state index in [1.54, 1.807) is 0 Å². The normalized spacial score (nSPS) is 10.4. The number of nitrogen functional groups attached to an aromatic ring is 1. The van der Waals surface area contributed by atoms with Crippen molar-refractivity contribution >= 4 is 55.1 Å². The molecule has 0 atom stereocenters. The minimum atomic E-state index is -0.773. The van der Waals surface area contributed by atoms with Crippen LogP contribution in [0.25, 0.3) is 5.69 Å². The van der Waals surface area contributed by atoms with Gasteiger partial charge in [-0.15, -0.1) is 0 Å². The smallest absolute Gasteiger partial charge is 0.357 e. The Balaban J connectivity index is 2.88. The van der Waals surface area contributed by atoms with Crippen LogP contribution in [0.15, 0.2) is 21.2 Å². The van der Waals surface area contributed by atoms with Gasteiger partial charge in [-0.05, 0) is 37.9 Å². The summed E-state index contributed by atoms with van der Waals surface area (Å²) in [5, 5.41) is 8.83. The van der Waals surface area contributed by atoms with Crippen LogP contribution < -0.4 is 5.73 Å². The molecule has 0 spiro atoms. The molecule has 2 rings (SSSR count). The van der Waals surface area contributed by atoms with Crippen molar-refractivity contribution in [2.24, 2.45) is 0 Å². The summed E-state index contributed by atoms with van der Waals surface area (Å²) in [5.74, 6) is -1.48. The van der Waals surface area contributed by atoms with E-state index in [4.69, 9.17) is 22.6 Å². The van der Waals surface area contributed by atoms with Gasteiger partial charge in [-0.25, -0.2) is 9.18 Å². The summed E-state index contributed by atoms with van der Waals surface area (Å²) in [7, 11) is 1.17. The summed E-state index contributed by atoms with van der Waals surface area (Å²) in [4.78, 5) is 11.9. The molecule has 1 heterocycles. The van der Waals surface area contributed by atoms with Crippen LogP contribution in [0.1, 0.15) is 16.1 Å². The Labute approximate surface area is 146 Å². The molecule has 0 bridgehead atoms. The summed E-state index contributed by atoms with van der Waals surface area (Å²) < 4.78 is 20.5. The Bertz CT molecular complexity index is 830. The van der Waals surface area contributed by atoms with E-state index in [1.165, 1.54) is 23.9 Å². The van der Waals surface area contributed by atoms with Crippen LogP contribution in [-0.4, -0.2) is 17.6 Å². The van der Waals surface area contributed by atoms with Crippen LogP contribution in [0.4, 0.5) is 10.1 Å². The number of hydrogen-bond donors (Lipinski definition) is 1. The number of ether oxygens (including phenoxy) is 1. The van der Waals surface area contributed by atoms with E-state index in [0.29, 0.717) is 4.47 Å². The summed E-state index contributed by atoms with van der Waals surface area (Å²) in [6.45, 7) is 0. The second-order valence-corrected chi connectivity index (χ2v) is 6.18. The fraction of sp³-hybridized carbons (Fsp3) is 0.0769. The fourth-order valence-corrected chi connectivity index (χ4v) is 3.74. The zero-order valence-corrected chi connectivity index (χ0v) is 14.9. The van der Waals surface area contributed by atoms with Crippen LogP contribution in [0.2, 0.25) is 5.02 Å². The highest BCUT2D eigenvalue weighted by Crippen LogP contribution is 2.38. The second-order valence-electron chi connectivity index (χ2n) is 4.10. The van der Waals surface area contributed by atoms with Crippen molar-refractivity contribution in [2.45, 2.75) is 0 Å². The van der Waals surface area contributed by atoms with E-state index in [9.17, 15) is 9.18 Å². The first-order valence-electron chi connectivity index (χ1n) is 5.66. The lowest BCUT2D eigenvalue weighted by molar-refractivity contribution is 0.0593. The number of aromatic nitrogens is 1. The topological polar surface area (TPSA) is 81.0 Å². The largest absolute Gasteiger partial charge is 0.464 e. The number of esters is 1. The monoisotopic (exact) mass is 449 g/mol. The van der Waals surface area contributed by atoms with Gasteiger partial charge in [-0.2, -0.15) is 5.26 Å². The molecular formula is C13H7Br2ClFN3O2. The maximum Gasteiger partial charge on any atom is 0.357 e. The number of rotatable bonds is 2. The van der Waals surface area contributed by atoms with E-state index >= 15 is 0 Å². The molecule has 2 aromatic rings. The summed E-state index contributed by atoms with van der Waals surface area (Å²) in [5.41, 5.74) is 5.80. The predicted octanol–water partition coefficient (Wildman–Crippen LogP) is 4.04. The molecule has 0 saturated carbocycles. The van der Waals surface area contributed by atoms with Gasteiger partial charge < -0.3 is 15.0 Å². The minimum absolute atomic E-state index is 0.0479. The average Bonchev–Trinajstić information content (AvgIpc) is 2.80. The Hall–Kier alpha value is -1.56. The van der Waals surface area contributed by atoms with Gasteiger partial charge in [-0.1, -0.05) is 11.6 Å². The van der Waals surface area contributed by atoms with Crippen LogP contribution in [0, 0.1) is 17.1 Å². The van der Waals surface area contributed by atoms with Gasteiger partial charge in [0.25, 0.3) is 0 Å². The zero-order valence-electron chi connectivity index (χ0n) is 11.0. The molecule has 0 aliphatic carbocycles. The zero-order chi connectivity index (χ0) is 16.6. The van der Waals surface area contributed by atoms with Crippen molar-refractivity contribution in [1.82, 2.24) is 4.57 Å². The highest BCUT2D eigenvalue weighted by Gasteiger charge is 2.25. The minimum Gasteiger partial charge on any atom is -0.464 e. The third kappa shape index (κ3) is 2.60. The number of hydrogen-bond acceptors (Lipinski definition) is 4. The lowest BCUT2D eigenvalue weighted by Crippen LogP contribution is -2.12. The lowest BCUT2D eigenvalue weighted by Gasteiger charge is -2.13. The van der Waals surface area contributed by atoms with E-state index in [0.717, 1.165) is 0 Å². The standard InChI is InChI=1S/C13H7Br2ClFN3O2/c1-22-13(21)12-10(19)5(3-18)4-20(12)11-7(15)2-6(14)9(17)8(11)16/h2,4H,19H2,1H3. The van der Waals surface area contributed by atoms with Crippen molar-refractivity contribution in [3.8, 4) is 11.8 Å². The Morgan fingerprint density at radius 3 is 2.68 bits per heavy atom. The van der Waals surface area contributed by atoms with Crippen LogP contribution in [-0.2, 0) is 4.74 Å². The average molecular weight is 451 g/mol. The van der Waals surface area contributed by atoms with Crippen molar-refractivity contribution in [3.05, 3.63) is 43.3 Å². The molecular weight excluding hydrogens is 444 g/mol. The first-order chi connectivity index (χ1) is 10.3. The van der Waals surface area contributed by atoms with Crippen molar-refractivity contribution in [1.29, 1.82) is 5.26 Å². The number of halogens is 4. The van der Waals surface area contributed by atoms with E-state index in [-0.39, 0.29) is 32.1 Å². The molecule has 5 nitrogen and oxygen atoms in total. The summed E-state index contributed by atoms with van der Waals surface area (Å²) >= 11 is 12.3. The van der Waals surface area contributed by atoms with Gasteiger partial charge in [0.2, 0.25) is 0 Å². The molecule has 0 saturated heterocycles. The highest BCUT2D eigenvalue weighted by molar-refractivity contribution is 9.11. The van der Waals surface area contributed by atoms with E-state index in [1.807, 2.05) is 6.07 Å². The number of methoxy groups -OCH3 is 1. The second kappa shape index (κ2) is 6.28. The molecule has 22 heavy (non-hydrogen) atoms. The molecule has 0 radical (unpaired) electrons. The SMILES string of the molecule is COC(=O)c1c(N)c(C#N)cn1-c1c(Br)cc(Br)c(F)c1Cl. The first-order valence-corrected chi connectivity index (χ1v) is 7.62. The van der Waals surface area contributed by atoms with Crippen molar-refractivity contribution in [3.63, 3.8) is 0 Å². The predicted molar refractivity (Wildman–Crippen MR) is 86.6 cm³/mol. The van der Waals surface area contributed by atoms with Gasteiger partial charge in [0.05, 0.1) is 28.5 Å². The number of nitriles is 1. The van der Waals surface area contributed by atoms with Gasteiger partial charge in [0.1, 0.15) is 11.1 Å². The van der Waals surface area contributed by atoms with Crippen molar-refractivity contribution < 1.29 is 13.9 Å². The van der Waals surface area contributed by atoms with Gasteiger partial charge in [0, 0.05) is 10.7 Å². The molecule has 0 fully saturated rings. The summed E-state index contributed by atoms with van der Waals surface area (Å²) in [6, 6.07) is 3.29. The molecule has 0 unspecified atom stereocenters. The third-order valence-electron chi connectivity index (χ3n) is 2.87. The molecule has 114 valence electrons. The van der Waals surface area contributed by atoms with Crippen LogP contribution in [0.5, 0.6) is 0 Å². The number of nitrogens with two attached hydrogens (primary N) is 1. The van der Waals surface area contributed by atoms with Gasteiger partial charge in [0.15, 0.2) is 11.5 Å². The highest BCUT2D eigenvalue weighted by atomic mass is 79.9. The van der Waals surface area contributed by atoms with Gasteiger partial charge >= 0.3 is 5.97 Å².